The molecule has 0 bridgehead atoms. The zero-order valence-corrected chi connectivity index (χ0v) is 18.9. The molecule has 1 amide bonds. The molecule has 0 aliphatic rings. The monoisotopic (exact) mass is 495 g/mol. The predicted octanol–water partition coefficient (Wildman–Crippen LogP) is 5.58. The number of hydrogen-bond acceptors (Lipinski definition) is 3. The fourth-order valence-electron chi connectivity index (χ4n) is 3.67. The Balaban J connectivity index is 1.92. The van der Waals surface area contributed by atoms with Crippen molar-refractivity contribution in [3.63, 3.8) is 0 Å². The molecule has 0 unspecified atom stereocenters. The quantitative estimate of drug-likeness (QED) is 0.402. The predicted molar refractivity (Wildman–Crippen MR) is 118 cm³/mol. The first-order valence-corrected chi connectivity index (χ1v) is 10.7. The average molecular weight is 495 g/mol. The third-order valence-corrected chi connectivity index (χ3v) is 5.57. The molecule has 186 valence electrons. The van der Waals surface area contributed by atoms with E-state index in [0.717, 1.165) is 24.4 Å². The molecule has 0 aliphatic heterocycles. The number of carbonyl (C=O) groups is 1. The minimum absolute atomic E-state index is 0.0919. The number of aromatic nitrogens is 1. The van der Waals surface area contributed by atoms with Crippen molar-refractivity contribution in [3.8, 4) is 0 Å². The number of halogens is 6. The van der Waals surface area contributed by atoms with E-state index in [4.69, 9.17) is 0 Å². The van der Waals surface area contributed by atoms with Crippen LogP contribution in [-0.2, 0) is 17.4 Å². The van der Waals surface area contributed by atoms with E-state index in [-0.39, 0.29) is 18.4 Å². The number of carbonyl (C=O) groups excluding carboxylic acids is 1. The minimum atomic E-state index is -4.56. The zero-order chi connectivity index (χ0) is 25.8. The molecule has 3 rings (SSSR count). The molecule has 2 aromatic carbocycles. The fourth-order valence-corrected chi connectivity index (χ4v) is 3.67. The summed E-state index contributed by atoms with van der Waals surface area (Å²) < 4.78 is 80.3. The molecule has 0 radical (unpaired) electrons. The largest absolute Gasteiger partial charge is 0.433 e. The summed E-state index contributed by atoms with van der Waals surface area (Å²) >= 11 is 0. The van der Waals surface area contributed by atoms with Gasteiger partial charge in [-0.2, -0.15) is 13.2 Å². The van der Waals surface area contributed by atoms with Crippen molar-refractivity contribution >= 4 is 5.91 Å². The van der Waals surface area contributed by atoms with Gasteiger partial charge in [0.05, 0.1) is 0 Å². The van der Waals surface area contributed by atoms with Gasteiger partial charge >= 0.3 is 6.18 Å². The van der Waals surface area contributed by atoms with E-state index in [1.54, 1.807) is 13.0 Å². The molecule has 0 saturated carbocycles. The number of benzene rings is 2. The topological polar surface area (TPSA) is 54.0 Å². The van der Waals surface area contributed by atoms with Crippen LogP contribution in [-0.4, -0.2) is 17.9 Å². The second-order valence-corrected chi connectivity index (χ2v) is 8.03. The molecule has 0 spiro atoms. The minimum Gasteiger partial charge on any atom is -0.358 e. The molecule has 2 N–H and O–H groups in total. The summed E-state index contributed by atoms with van der Waals surface area (Å²) in [5.41, 5.74) is 0.325. The maximum atomic E-state index is 14.5. The van der Waals surface area contributed by atoms with Gasteiger partial charge in [-0.3, -0.25) is 15.1 Å². The van der Waals surface area contributed by atoms with Crippen molar-refractivity contribution in [1.29, 1.82) is 0 Å². The molecule has 0 aliphatic carbocycles. The Labute approximate surface area is 198 Å². The number of amides is 1. The standard InChI is InChI=1S/C25H23F6N3O/c1-14-11-16(5-8-19(14)27)21(9-3-15-4-10-22(33-13-15)25(29,30)31)34-23(24(35)32-2)18-7-6-17(26)12-20(18)28/h4-8,10-13,21,23,34H,3,9H2,1-2H3,(H,32,35)/t21-,23-/m1/s1. The lowest BCUT2D eigenvalue weighted by Crippen LogP contribution is -2.38. The van der Waals surface area contributed by atoms with E-state index in [0.29, 0.717) is 22.8 Å². The lowest BCUT2D eigenvalue weighted by atomic mass is 9.95. The van der Waals surface area contributed by atoms with Crippen LogP contribution in [0.15, 0.2) is 54.7 Å². The second kappa shape index (κ2) is 10.9. The number of hydrogen-bond donors (Lipinski definition) is 2. The van der Waals surface area contributed by atoms with Gasteiger partial charge in [0.25, 0.3) is 0 Å². The molecule has 4 nitrogen and oxygen atoms in total. The van der Waals surface area contributed by atoms with Crippen LogP contribution in [0.3, 0.4) is 0 Å². The summed E-state index contributed by atoms with van der Waals surface area (Å²) in [4.78, 5) is 16.1. The molecule has 35 heavy (non-hydrogen) atoms. The van der Waals surface area contributed by atoms with E-state index in [1.165, 1.54) is 25.2 Å². The van der Waals surface area contributed by atoms with Crippen molar-refractivity contribution in [2.75, 3.05) is 7.05 Å². The van der Waals surface area contributed by atoms with Crippen LogP contribution in [0.4, 0.5) is 26.3 Å². The molecule has 0 fully saturated rings. The van der Waals surface area contributed by atoms with Gasteiger partial charge in [-0.1, -0.05) is 24.3 Å². The fraction of sp³-hybridized carbons (Fsp3) is 0.280. The van der Waals surface area contributed by atoms with Crippen LogP contribution in [0.2, 0.25) is 0 Å². The summed E-state index contributed by atoms with van der Waals surface area (Å²) in [6, 6.07) is 7.51. The first-order valence-electron chi connectivity index (χ1n) is 10.7. The van der Waals surface area contributed by atoms with Gasteiger partial charge in [-0.05, 0) is 54.7 Å². The maximum absolute atomic E-state index is 14.5. The van der Waals surface area contributed by atoms with E-state index in [2.05, 4.69) is 15.6 Å². The first-order chi connectivity index (χ1) is 16.5. The van der Waals surface area contributed by atoms with E-state index >= 15 is 0 Å². The van der Waals surface area contributed by atoms with Crippen molar-refractivity contribution in [3.05, 3.63) is 100 Å². The number of aryl methyl sites for hydroxylation is 2. The Hall–Kier alpha value is -3.40. The smallest absolute Gasteiger partial charge is 0.358 e. The number of rotatable bonds is 8. The Morgan fingerprint density at radius 3 is 2.31 bits per heavy atom. The summed E-state index contributed by atoms with van der Waals surface area (Å²) in [5.74, 6) is -2.75. The highest BCUT2D eigenvalue weighted by molar-refractivity contribution is 5.83. The summed E-state index contributed by atoms with van der Waals surface area (Å²) in [7, 11) is 1.36. The molecule has 3 aromatic rings. The normalized spacial score (nSPS) is 13.4. The number of nitrogens with zero attached hydrogens (tertiary/aromatic N) is 1. The van der Waals surface area contributed by atoms with Crippen LogP contribution in [0, 0.1) is 24.4 Å². The van der Waals surface area contributed by atoms with E-state index < -0.39 is 47.3 Å². The van der Waals surface area contributed by atoms with Gasteiger partial charge in [0.15, 0.2) is 0 Å². The highest BCUT2D eigenvalue weighted by Gasteiger charge is 2.32. The number of pyridine rings is 1. The van der Waals surface area contributed by atoms with Crippen LogP contribution >= 0.6 is 0 Å². The number of alkyl halides is 3. The molecular formula is C25H23F6N3O. The Morgan fingerprint density at radius 2 is 1.74 bits per heavy atom. The third kappa shape index (κ3) is 6.60. The van der Waals surface area contributed by atoms with Crippen molar-refractivity contribution in [2.24, 2.45) is 0 Å². The summed E-state index contributed by atoms with van der Waals surface area (Å²) in [6.07, 6.45) is -2.93. The Morgan fingerprint density at radius 1 is 1.00 bits per heavy atom. The van der Waals surface area contributed by atoms with Crippen LogP contribution < -0.4 is 10.6 Å². The van der Waals surface area contributed by atoms with Crippen molar-refractivity contribution in [1.82, 2.24) is 15.6 Å². The van der Waals surface area contributed by atoms with Crippen molar-refractivity contribution < 1.29 is 31.1 Å². The average Bonchev–Trinajstić information content (AvgIpc) is 2.81. The highest BCUT2D eigenvalue weighted by Crippen LogP contribution is 2.29. The maximum Gasteiger partial charge on any atom is 0.433 e. The summed E-state index contributed by atoms with van der Waals surface area (Å²) in [5, 5.41) is 5.49. The highest BCUT2D eigenvalue weighted by atomic mass is 19.4. The van der Waals surface area contributed by atoms with Gasteiger partial charge < -0.3 is 5.32 Å². The molecule has 2 atom stereocenters. The van der Waals surface area contributed by atoms with Gasteiger partial charge in [-0.15, -0.1) is 0 Å². The van der Waals surface area contributed by atoms with Gasteiger partial charge in [0, 0.05) is 30.9 Å². The molecule has 0 saturated heterocycles. The lowest BCUT2D eigenvalue weighted by Gasteiger charge is -2.26. The van der Waals surface area contributed by atoms with E-state index in [1.807, 2.05) is 0 Å². The third-order valence-electron chi connectivity index (χ3n) is 5.57. The lowest BCUT2D eigenvalue weighted by molar-refractivity contribution is -0.141. The molecule has 10 heteroatoms. The zero-order valence-electron chi connectivity index (χ0n) is 18.9. The molecular weight excluding hydrogens is 472 g/mol. The number of likely N-dealkylation sites (N-methyl/N-ethyl adjacent to an activating group) is 1. The summed E-state index contributed by atoms with van der Waals surface area (Å²) in [6.45, 7) is 1.56. The van der Waals surface area contributed by atoms with Gasteiger partial charge in [0.1, 0.15) is 29.2 Å². The van der Waals surface area contributed by atoms with E-state index in [9.17, 15) is 31.1 Å². The Bertz CT molecular complexity index is 1180. The molecule has 1 heterocycles. The Kier molecular flexibility index (Phi) is 8.16. The van der Waals surface area contributed by atoms with Crippen LogP contribution in [0.1, 0.15) is 46.5 Å². The second-order valence-electron chi connectivity index (χ2n) is 8.03. The van der Waals surface area contributed by atoms with Gasteiger partial charge in [-0.25, -0.2) is 13.2 Å². The SMILES string of the molecule is CNC(=O)[C@H](N[C@H](CCc1ccc(C(F)(F)F)nc1)c1ccc(F)c(C)c1)c1ccc(F)cc1F. The first kappa shape index (κ1) is 26.2. The molecule has 1 aromatic heterocycles. The van der Waals surface area contributed by atoms with Crippen LogP contribution in [0.5, 0.6) is 0 Å². The van der Waals surface area contributed by atoms with Crippen LogP contribution in [0.25, 0.3) is 0 Å². The van der Waals surface area contributed by atoms with Crippen molar-refractivity contribution in [2.45, 2.75) is 38.0 Å². The number of nitrogens with one attached hydrogen (secondary N) is 2. The van der Waals surface area contributed by atoms with Gasteiger partial charge in [0.2, 0.25) is 5.91 Å².